The van der Waals surface area contributed by atoms with Gasteiger partial charge in [-0.3, -0.25) is 9.52 Å². The normalized spacial score (nSPS) is 31.5. The number of hydrogen-bond donors (Lipinski definition) is 1. The summed E-state index contributed by atoms with van der Waals surface area (Å²) in [6, 6.07) is 11.1. The lowest BCUT2D eigenvalue weighted by Gasteiger charge is -2.46. The predicted molar refractivity (Wildman–Crippen MR) is 205 cm³/mol. The molecular formula is C40H53ClN4O6S. The van der Waals surface area contributed by atoms with Crippen molar-refractivity contribution in [2.75, 3.05) is 57.7 Å². The maximum Gasteiger partial charge on any atom is 0.329 e. The molecule has 1 unspecified atom stereocenters. The van der Waals surface area contributed by atoms with Gasteiger partial charge >= 0.3 is 6.03 Å². The number of urea groups is 1. The molecule has 6 atom stereocenters. The third-order valence-electron chi connectivity index (χ3n) is 12.4. The Balaban J connectivity index is 1.25. The Kier molecular flexibility index (Phi) is 10.5. The van der Waals surface area contributed by atoms with Crippen LogP contribution in [0.25, 0.3) is 0 Å². The summed E-state index contributed by atoms with van der Waals surface area (Å²) in [7, 11) is -0.0566. The van der Waals surface area contributed by atoms with E-state index >= 15 is 0 Å². The number of methoxy groups -OCH3 is 2. The van der Waals surface area contributed by atoms with Gasteiger partial charge in [0, 0.05) is 62.3 Å². The van der Waals surface area contributed by atoms with Gasteiger partial charge in [-0.1, -0.05) is 36.7 Å². The monoisotopic (exact) mass is 752 g/mol. The number of amides is 3. The molecule has 0 aromatic heterocycles. The Morgan fingerprint density at radius 3 is 2.67 bits per heavy atom. The number of nitrogens with zero attached hydrogens (tertiary/aromatic N) is 3. The molecule has 2 aromatic rings. The molecule has 1 saturated carbocycles. The molecule has 3 amide bonds. The fourth-order valence-electron chi connectivity index (χ4n) is 8.82. The van der Waals surface area contributed by atoms with E-state index in [1.165, 1.54) is 11.1 Å². The average molecular weight is 753 g/mol. The number of aryl methyl sites for hydroxylation is 1. The minimum atomic E-state index is -3.49. The Labute approximate surface area is 313 Å². The largest absolute Gasteiger partial charge is 0.490 e. The van der Waals surface area contributed by atoms with E-state index in [0.717, 1.165) is 55.9 Å². The Hall–Kier alpha value is -3.12. The summed E-state index contributed by atoms with van der Waals surface area (Å²) < 4.78 is 39.9. The van der Waals surface area contributed by atoms with Crippen LogP contribution in [0.4, 0.5) is 10.5 Å². The van der Waals surface area contributed by atoms with Crippen molar-refractivity contribution in [3.8, 4) is 5.75 Å². The number of hydrogen-bond acceptors (Lipinski definition) is 7. The molecular weight excluding hydrogens is 700 g/mol. The zero-order valence-electron chi connectivity index (χ0n) is 31.1. The molecule has 3 heterocycles. The number of allylic oxidation sites excluding steroid dienone is 1. The first-order valence-electron chi connectivity index (χ1n) is 18.7. The van der Waals surface area contributed by atoms with E-state index in [1.807, 2.05) is 39.0 Å². The number of fused-ring (bicyclic) bond motifs is 4. The molecule has 3 aliphatic heterocycles. The van der Waals surface area contributed by atoms with Gasteiger partial charge in [0.15, 0.2) is 0 Å². The zero-order valence-corrected chi connectivity index (χ0v) is 32.6. The molecule has 282 valence electrons. The smallest absolute Gasteiger partial charge is 0.329 e. The molecule has 2 bridgehead atoms. The molecule has 2 fully saturated rings. The van der Waals surface area contributed by atoms with Crippen LogP contribution in [0.3, 0.4) is 0 Å². The van der Waals surface area contributed by atoms with E-state index in [2.05, 4.69) is 38.3 Å². The van der Waals surface area contributed by atoms with Crippen LogP contribution in [0.5, 0.6) is 5.75 Å². The number of carbonyl (C=O) groups excluding carboxylic acids is 2. The molecule has 1 N–H and O–H groups in total. The van der Waals surface area contributed by atoms with Crippen molar-refractivity contribution in [2.24, 2.45) is 28.0 Å². The van der Waals surface area contributed by atoms with E-state index in [0.29, 0.717) is 49.3 Å². The second-order valence-electron chi connectivity index (χ2n) is 16.3. The van der Waals surface area contributed by atoms with E-state index in [9.17, 15) is 13.8 Å². The maximum absolute atomic E-state index is 14.6. The number of likely N-dealkylation sites (tertiary alicyclic amines) is 1. The fourth-order valence-corrected chi connectivity index (χ4v) is 10.9. The van der Waals surface area contributed by atoms with Crippen molar-refractivity contribution in [3.63, 3.8) is 0 Å². The fraction of sp³-hybridized carbons (Fsp3) is 0.600. The Bertz CT molecular complexity index is 1850. The van der Waals surface area contributed by atoms with Gasteiger partial charge in [0.05, 0.1) is 29.8 Å². The van der Waals surface area contributed by atoms with Gasteiger partial charge in [-0.15, -0.1) is 4.36 Å². The number of ether oxygens (including phenoxy) is 3. The van der Waals surface area contributed by atoms with Crippen molar-refractivity contribution in [2.45, 2.75) is 76.4 Å². The van der Waals surface area contributed by atoms with E-state index in [-0.39, 0.29) is 29.1 Å². The van der Waals surface area contributed by atoms with Gasteiger partial charge in [-0.2, -0.15) is 0 Å². The molecule has 5 aliphatic rings. The lowest BCUT2D eigenvalue weighted by atomic mass is 9.68. The Morgan fingerprint density at radius 2 is 1.94 bits per heavy atom. The van der Waals surface area contributed by atoms with E-state index in [4.69, 9.17) is 25.8 Å². The minimum absolute atomic E-state index is 0.0332. The van der Waals surface area contributed by atoms with Crippen LogP contribution in [-0.4, -0.2) is 85.5 Å². The highest BCUT2D eigenvalue weighted by molar-refractivity contribution is 7.92. The highest BCUT2D eigenvalue weighted by atomic mass is 35.5. The molecule has 2 aliphatic carbocycles. The zero-order chi connectivity index (χ0) is 36.8. The summed E-state index contributed by atoms with van der Waals surface area (Å²) in [4.78, 5) is 31.5. The summed E-state index contributed by atoms with van der Waals surface area (Å²) in [5, 5.41) is 0.743. The second kappa shape index (κ2) is 14.6. The number of benzene rings is 2. The van der Waals surface area contributed by atoms with Crippen molar-refractivity contribution >= 4 is 39.1 Å². The Morgan fingerprint density at radius 1 is 1.13 bits per heavy atom. The van der Waals surface area contributed by atoms with E-state index in [1.54, 1.807) is 25.2 Å². The number of rotatable bonds is 4. The van der Waals surface area contributed by atoms with Crippen LogP contribution in [-0.2, 0) is 31.2 Å². The summed E-state index contributed by atoms with van der Waals surface area (Å²) in [6.45, 7) is 8.91. The molecule has 0 radical (unpaired) electrons. The second-order valence-corrected chi connectivity index (χ2v) is 18.7. The van der Waals surface area contributed by atoms with Gasteiger partial charge < -0.3 is 24.0 Å². The van der Waals surface area contributed by atoms with Gasteiger partial charge in [0.25, 0.3) is 5.91 Å². The standard InChI is InChI=1S/C40H53ClN4O6S/c1-26-8-6-10-35(49-4)32-14-11-29(32)20-45-24-40(17-7-9-27-18-31(41)13-15-33(27)40)25-51-36-16-12-28(19-34(36)45)37(46)42-52(48,23-26)43-38(47)44-21-30(22-44)39(2,3)50-5/h6,10,12-13,15-16,18-19,26,29-30,32,35H,7-9,11,14,17,20-25H2,1-5H3,(H,42,43,46,47,48)/b10-6+/t26-,29-,32+,35-,40-,52?/m0/s1. The molecule has 1 saturated heterocycles. The van der Waals surface area contributed by atoms with Gasteiger partial charge in [0.1, 0.15) is 15.7 Å². The number of anilines is 1. The van der Waals surface area contributed by atoms with Gasteiger partial charge in [-0.05, 0) is 112 Å². The van der Waals surface area contributed by atoms with Crippen LogP contribution in [0.1, 0.15) is 74.4 Å². The van der Waals surface area contributed by atoms with Crippen LogP contribution in [0.15, 0.2) is 52.9 Å². The highest BCUT2D eigenvalue weighted by Gasteiger charge is 2.45. The number of halogens is 1. The number of nitrogens with one attached hydrogen (secondary N) is 1. The van der Waals surface area contributed by atoms with Gasteiger partial charge in [-0.25, -0.2) is 9.00 Å². The van der Waals surface area contributed by atoms with Crippen molar-refractivity contribution < 1.29 is 28.0 Å². The predicted octanol–water partition coefficient (Wildman–Crippen LogP) is 7.04. The minimum Gasteiger partial charge on any atom is -0.490 e. The first-order chi connectivity index (χ1) is 24.8. The lowest BCUT2D eigenvalue weighted by molar-refractivity contribution is -0.0745. The first-order valence-corrected chi connectivity index (χ1v) is 20.8. The van der Waals surface area contributed by atoms with Crippen LogP contribution in [0, 0.1) is 23.7 Å². The maximum atomic E-state index is 14.6. The van der Waals surface area contributed by atoms with Gasteiger partial charge in [0.2, 0.25) is 0 Å². The molecule has 1 spiro atoms. The quantitative estimate of drug-likeness (QED) is 0.334. The third kappa shape index (κ3) is 7.35. The van der Waals surface area contributed by atoms with Crippen molar-refractivity contribution in [3.05, 3.63) is 70.3 Å². The topological polar surface area (TPSA) is 110 Å². The summed E-state index contributed by atoms with van der Waals surface area (Å²) in [5.74, 6) is 0.882. The summed E-state index contributed by atoms with van der Waals surface area (Å²) in [5.41, 5.74) is 3.05. The highest BCUT2D eigenvalue weighted by Crippen LogP contribution is 2.47. The molecule has 7 rings (SSSR count). The summed E-state index contributed by atoms with van der Waals surface area (Å²) in [6.07, 6.45) is 9.95. The van der Waals surface area contributed by atoms with E-state index < -0.39 is 27.5 Å². The van der Waals surface area contributed by atoms with Crippen LogP contribution >= 0.6 is 11.6 Å². The molecule has 2 aromatic carbocycles. The lowest BCUT2D eigenvalue weighted by Crippen LogP contribution is -2.61. The van der Waals surface area contributed by atoms with Crippen molar-refractivity contribution in [1.82, 2.24) is 9.62 Å². The molecule has 10 nitrogen and oxygen atoms in total. The molecule has 12 heteroatoms. The van der Waals surface area contributed by atoms with Crippen LogP contribution < -0.4 is 14.4 Å². The first kappa shape index (κ1) is 37.2. The molecule has 52 heavy (non-hydrogen) atoms. The van der Waals surface area contributed by atoms with Crippen molar-refractivity contribution in [1.29, 1.82) is 0 Å². The third-order valence-corrected chi connectivity index (χ3v) is 14.6. The average Bonchev–Trinajstić information content (AvgIpc) is 3.21. The van der Waals surface area contributed by atoms with Crippen LogP contribution in [0.2, 0.25) is 5.02 Å². The summed E-state index contributed by atoms with van der Waals surface area (Å²) >= 11 is 6.46. The SMILES string of the molecule is CO[C@H]1/C=C/C[C@H](C)CS(=O)(NC(=O)N2CC(C(C)(C)OC)C2)=NC(=O)c2ccc3c(c2)N(C[C@@H]2CC[C@H]21)C[C@@]1(CCCc2cc(Cl)ccc21)CO3. The number of carbonyl (C=O) groups is 2.